The van der Waals surface area contributed by atoms with Crippen LogP contribution in [0.1, 0.15) is 5.56 Å². The van der Waals surface area contributed by atoms with Gasteiger partial charge in [-0.3, -0.25) is 0 Å². The van der Waals surface area contributed by atoms with Gasteiger partial charge in [-0.1, -0.05) is 0 Å². The fraction of sp³-hybridized carbons (Fsp3) is 0. The molecule has 0 bridgehead atoms. The van der Waals surface area contributed by atoms with Crippen LogP contribution in [-0.2, 0) is 4.79 Å². The van der Waals surface area contributed by atoms with E-state index in [0.717, 1.165) is 0 Å². The Kier molecular flexibility index (Phi) is 3.03. The zero-order valence-electron chi connectivity index (χ0n) is 8.38. The summed E-state index contributed by atoms with van der Waals surface area (Å²) in [6, 6.07) is 6.08. The topological polar surface area (TPSA) is 89.3 Å². The number of nitro groups is 1. The molecule has 0 aromatic heterocycles. The summed E-state index contributed by atoms with van der Waals surface area (Å²) in [5.74, 6) is -0.465. The predicted molar refractivity (Wildman–Crippen MR) is 60.4 cm³/mol. The molecule has 1 heterocycles. The van der Waals surface area contributed by atoms with Crippen LogP contribution < -0.4 is 5.32 Å². The molecule has 7 heteroatoms. The van der Waals surface area contributed by atoms with Crippen LogP contribution in [0.15, 0.2) is 28.7 Å². The summed E-state index contributed by atoms with van der Waals surface area (Å²) >= 11 is -0.610. The van der Waals surface area contributed by atoms with Crippen molar-refractivity contribution in [2.75, 3.05) is 0 Å². The van der Waals surface area contributed by atoms with Crippen LogP contribution in [0.4, 0.5) is 10.5 Å². The van der Waals surface area contributed by atoms with Gasteiger partial charge in [0, 0.05) is 0 Å². The third-order valence-corrected chi connectivity index (χ3v) is 3.76. The molecular formula is C10H6N2O4Se. The summed E-state index contributed by atoms with van der Waals surface area (Å²) in [6.07, 6.45) is 1.40. The van der Waals surface area contributed by atoms with Gasteiger partial charge in [-0.25, -0.2) is 0 Å². The number of hydrogen-bond donors (Lipinski definition) is 1. The Balaban J connectivity index is 2.42. The SMILES string of the molecule is O=C1NC(=O)/C(=C/c2ccccc2[N+](=O)[O-])[Se]1. The van der Waals surface area contributed by atoms with Crippen LogP contribution in [0.5, 0.6) is 0 Å². The Morgan fingerprint density at radius 3 is 2.59 bits per heavy atom. The van der Waals surface area contributed by atoms with E-state index in [9.17, 15) is 19.7 Å². The number of carbonyl (C=O) groups is 2. The fourth-order valence-corrected chi connectivity index (χ4v) is 2.75. The van der Waals surface area contributed by atoms with Crippen LogP contribution in [0.25, 0.3) is 6.08 Å². The number of para-hydroxylation sites is 1. The number of carbonyl (C=O) groups excluding carboxylic acids is 2. The molecule has 2 rings (SSSR count). The number of nitrogens with one attached hydrogen (secondary N) is 1. The molecule has 0 unspecified atom stereocenters. The van der Waals surface area contributed by atoms with Crippen molar-refractivity contribution < 1.29 is 14.5 Å². The third kappa shape index (κ3) is 2.41. The summed E-state index contributed by atoms with van der Waals surface area (Å²) in [4.78, 5) is 32.2. The van der Waals surface area contributed by atoms with E-state index in [2.05, 4.69) is 5.32 Å². The van der Waals surface area contributed by atoms with E-state index in [0.29, 0.717) is 10.0 Å². The van der Waals surface area contributed by atoms with Crippen molar-refractivity contribution in [1.29, 1.82) is 0 Å². The fourth-order valence-electron chi connectivity index (χ4n) is 1.34. The van der Waals surface area contributed by atoms with Crippen LogP contribution in [0.2, 0.25) is 0 Å². The first-order valence-corrected chi connectivity index (χ1v) is 6.27. The second kappa shape index (κ2) is 4.48. The normalized spacial score (nSPS) is 17.3. The van der Waals surface area contributed by atoms with E-state index in [-0.39, 0.29) is 10.5 Å². The van der Waals surface area contributed by atoms with E-state index >= 15 is 0 Å². The van der Waals surface area contributed by atoms with Gasteiger partial charge in [0.1, 0.15) is 0 Å². The minimum atomic E-state index is -0.610. The van der Waals surface area contributed by atoms with Crippen molar-refractivity contribution in [3.8, 4) is 0 Å². The molecule has 1 aliphatic heterocycles. The molecule has 1 N–H and O–H groups in total. The molecule has 17 heavy (non-hydrogen) atoms. The predicted octanol–water partition coefficient (Wildman–Crippen LogP) is 0.890. The van der Waals surface area contributed by atoms with Crippen molar-refractivity contribution in [1.82, 2.24) is 5.32 Å². The summed E-state index contributed by atoms with van der Waals surface area (Å²) in [7, 11) is 0. The zero-order chi connectivity index (χ0) is 12.4. The molecule has 1 saturated heterocycles. The van der Waals surface area contributed by atoms with Crippen molar-refractivity contribution in [3.05, 3.63) is 44.4 Å². The molecule has 1 aromatic rings. The number of imide groups is 1. The molecular weight excluding hydrogens is 291 g/mol. The number of rotatable bonds is 2. The number of nitrogens with zero attached hydrogens (tertiary/aromatic N) is 1. The van der Waals surface area contributed by atoms with Crippen LogP contribution >= 0.6 is 0 Å². The van der Waals surface area contributed by atoms with E-state index in [4.69, 9.17) is 0 Å². The Morgan fingerprint density at radius 2 is 2.00 bits per heavy atom. The summed E-state index contributed by atoms with van der Waals surface area (Å²) in [5, 5.41) is 12.9. The number of nitro benzene ring substituents is 1. The first-order chi connectivity index (χ1) is 8.08. The molecule has 86 valence electrons. The monoisotopic (exact) mass is 298 g/mol. The third-order valence-electron chi connectivity index (χ3n) is 2.06. The quantitative estimate of drug-likeness (QED) is 0.380. The van der Waals surface area contributed by atoms with Gasteiger partial charge in [0.25, 0.3) is 0 Å². The molecule has 0 aliphatic carbocycles. The number of amides is 2. The maximum atomic E-state index is 11.3. The summed E-state index contributed by atoms with van der Waals surface area (Å²) in [5.41, 5.74) is 0.252. The Hall–Kier alpha value is -1.98. The van der Waals surface area contributed by atoms with E-state index in [1.54, 1.807) is 12.1 Å². The summed E-state index contributed by atoms with van der Waals surface area (Å²) < 4.78 is 0.303. The average Bonchev–Trinajstić information content (AvgIpc) is 2.58. The molecule has 1 aliphatic rings. The molecule has 2 amide bonds. The zero-order valence-corrected chi connectivity index (χ0v) is 10.1. The Morgan fingerprint density at radius 1 is 1.29 bits per heavy atom. The number of hydrogen-bond acceptors (Lipinski definition) is 4. The van der Waals surface area contributed by atoms with E-state index in [1.807, 2.05) is 0 Å². The van der Waals surface area contributed by atoms with Gasteiger partial charge in [-0.2, -0.15) is 0 Å². The molecule has 0 spiro atoms. The van der Waals surface area contributed by atoms with Gasteiger partial charge in [-0.05, 0) is 0 Å². The average molecular weight is 297 g/mol. The molecule has 0 atom stereocenters. The van der Waals surface area contributed by atoms with E-state index < -0.39 is 25.8 Å². The van der Waals surface area contributed by atoms with Crippen molar-refractivity contribution in [2.45, 2.75) is 0 Å². The maximum absolute atomic E-state index is 11.3. The van der Waals surface area contributed by atoms with E-state index in [1.165, 1.54) is 18.2 Å². The second-order valence-electron chi connectivity index (χ2n) is 3.17. The van der Waals surface area contributed by atoms with Gasteiger partial charge in [0.15, 0.2) is 0 Å². The van der Waals surface area contributed by atoms with Crippen LogP contribution in [-0.4, -0.2) is 30.6 Å². The van der Waals surface area contributed by atoms with Gasteiger partial charge in [0.2, 0.25) is 0 Å². The molecule has 1 fully saturated rings. The first kappa shape index (κ1) is 11.5. The Bertz CT molecular complexity index is 553. The summed E-state index contributed by atoms with van der Waals surface area (Å²) in [6.45, 7) is 0. The van der Waals surface area contributed by atoms with Crippen molar-refractivity contribution >= 4 is 37.4 Å². The standard InChI is InChI=1S/C10H6N2O4Se/c13-9-8(17-10(14)11-9)5-6-3-1-2-4-7(6)12(15)16/h1-5H,(H,11,13,14)/b8-5-. The van der Waals surface area contributed by atoms with Crippen molar-refractivity contribution in [2.24, 2.45) is 0 Å². The second-order valence-corrected chi connectivity index (χ2v) is 5.30. The molecule has 0 saturated carbocycles. The van der Waals surface area contributed by atoms with Gasteiger partial charge in [-0.15, -0.1) is 0 Å². The van der Waals surface area contributed by atoms with Crippen LogP contribution in [0.3, 0.4) is 0 Å². The molecule has 6 nitrogen and oxygen atoms in total. The van der Waals surface area contributed by atoms with Gasteiger partial charge in [0.05, 0.1) is 0 Å². The van der Waals surface area contributed by atoms with Gasteiger partial charge < -0.3 is 0 Å². The van der Waals surface area contributed by atoms with Gasteiger partial charge >= 0.3 is 102 Å². The first-order valence-electron chi connectivity index (χ1n) is 4.56. The molecule has 0 radical (unpaired) electrons. The van der Waals surface area contributed by atoms with Crippen LogP contribution in [0, 0.1) is 10.1 Å². The number of benzene rings is 1. The Labute approximate surface area is 102 Å². The van der Waals surface area contributed by atoms with Crippen molar-refractivity contribution in [3.63, 3.8) is 0 Å². The minimum absolute atomic E-state index is 0.0806. The molecule has 1 aromatic carbocycles.